The molecule has 12 heteroatoms. The molecule has 2 aliphatic rings. The van der Waals surface area contributed by atoms with Crippen LogP contribution in [0.15, 0.2) is 55.1 Å². The van der Waals surface area contributed by atoms with Crippen LogP contribution in [0.1, 0.15) is 55.8 Å². The summed E-state index contributed by atoms with van der Waals surface area (Å²) in [5.74, 6) is -0.0827. The molecule has 1 saturated heterocycles. The van der Waals surface area contributed by atoms with Crippen LogP contribution in [0.4, 0.5) is 14.9 Å². The first-order valence-electron chi connectivity index (χ1n) is 18.0. The minimum Gasteiger partial charge on any atom is -0.443 e. The Labute approximate surface area is 303 Å². The highest BCUT2D eigenvalue weighted by molar-refractivity contribution is 5.88. The Bertz CT molecular complexity index is 1400. The van der Waals surface area contributed by atoms with Crippen molar-refractivity contribution < 1.29 is 37.7 Å². The quantitative estimate of drug-likeness (QED) is 0.151. The Hall–Kier alpha value is -3.39. The van der Waals surface area contributed by atoms with E-state index >= 15 is 0 Å². The van der Waals surface area contributed by atoms with Gasteiger partial charge in [-0.05, 0) is 83.1 Å². The zero-order chi connectivity index (χ0) is 36.8. The number of benzene rings is 2. The number of nitrogens with one attached hydrogen (secondary N) is 1. The van der Waals surface area contributed by atoms with Crippen LogP contribution in [-0.2, 0) is 34.9 Å². The first kappa shape index (κ1) is 40.4. The van der Waals surface area contributed by atoms with Crippen molar-refractivity contribution in [2.24, 2.45) is 0 Å². The molecule has 0 aromatic heterocycles. The molecule has 11 nitrogen and oxygen atoms in total. The van der Waals surface area contributed by atoms with Crippen LogP contribution in [0.25, 0.3) is 0 Å². The predicted octanol–water partition coefficient (Wildman–Crippen LogP) is 4.95. The van der Waals surface area contributed by atoms with E-state index in [1.165, 1.54) is 11.6 Å². The van der Waals surface area contributed by atoms with E-state index in [1.807, 2.05) is 39.0 Å². The summed E-state index contributed by atoms with van der Waals surface area (Å²) in [6, 6.07) is 14.0. The summed E-state index contributed by atoms with van der Waals surface area (Å²) < 4.78 is 42.9. The lowest BCUT2D eigenvalue weighted by Crippen LogP contribution is -2.39. The van der Waals surface area contributed by atoms with Gasteiger partial charge in [0, 0.05) is 48.9 Å². The van der Waals surface area contributed by atoms with Crippen molar-refractivity contribution in [3.63, 3.8) is 0 Å². The largest absolute Gasteiger partial charge is 0.443 e. The molecule has 1 N–H and O–H groups in total. The molecule has 2 aromatic carbocycles. The van der Waals surface area contributed by atoms with Crippen LogP contribution >= 0.6 is 0 Å². The van der Waals surface area contributed by atoms with E-state index < -0.39 is 11.7 Å². The maximum absolute atomic E-state index is 14.9. The minimum absolute atomic E-state index is 0.0932. The molecule has 51 heavy (non-hydrogen) atoms. The molecule has 3 atom stereocenters. The molecule has 1 aliphatic heterocycles. The van der Waals surface area contributed by atoms with E-state index in [2.05, 4.69) is 54.0 Å². The van der Waals surface area contributed by atoms with Gasteiger partial charge in [-0.25, -0.2) is 9.18 Å². The van der Waals surface area contributed by atoms with Crippen LogP contribution in [0.3, 0.4) is 0 Å². The van der Waals surface area contributed by atoms with Gasteiger partial charge in [0.2, 0.25) is 5.91 Å². The van der Waals surface area contributed by atoms with E-state index in [4.69, 9.17) is 23.7 Å². The average Bonchev–Trinajstić information content (AvgIpc) is 3.73. The summed E-state index contributed by atoms with van der Waals surface area (Å²) in [5, 5.41) is 2.64. The van der Waals surface area contributed by atoms with E-state index in [0.717, 1.165) is 42.7 Å². The molecule has 1 fully saturated rings. The average molecular weight is 713 g/mol. The lowest BCUT2D eigenvalue weighted by atomic mass is 9.93. The maximum atomic E-state index is 14.9. The Kier molecular flexibility index (Phi) is 15.8. The lowest BCUT2D eigenvalue weighted by molar-refractivity contribution is -0.116. The topological polar surface area (TPSA) is 102 Å². The van der Waals surface area contributed by atoms with Gasteiger partial charge in [-0.2, -0.15) is 0 Å². The predicted molar refractivity (Wildman–Crippen MR) is 196 cm³/mol. The number of carbonyl (C=O) groups excluding carboxylic acids is 2. The van der Waals surface area contributed by atoms with E-state index in [1.54, 1.807) is 11.0 Å². The molecule has 0 saturated carbocycles. The number of likely N-dealkylation sites (N-methyl/N-ethyl adjacent to an activating group) is 1. The van der Waals surface area contributed by atoms with Gasteiger partial charge in [-0.3, -0.25) is 14.6 Å². The van der Waals surface area contributed by atoms with E-state index in [0.29, 0.717) is 65.9 Å². The summed E-state index contributed by atoms with van der Waals surface area (Å²) in [7, 11) is 4.22. The molecular weight excluding hydrogens is 655 g/mol. The number of fused-ring (bicyclic) bond motifs is 1. The smallest absolute Gasteiger partial charge is 0.414 e. The van der Waals surface area contributed by atoms with Crippen LogP contribution in [0, 0.1) is 5.82 Å². The lowest BCUT2D eigenvalue weighted by Gasteiger charge is -2.28. The molecular formula is C39H57FN4O7. The molecule has 1 heterocycles. The number of carbonyl (C=O) groups is 2. The number of nitrogens with zero attached hydrogens (tertiary/aromatic N) is 3. The third kappa shape index (κ3) is 12.4. The molecule has 4 rings (SSSR count). The third-order valence-corrected chi connectivity index (χ3v) is 9.14. The molecule has 282 valence electrons. The van der Waals surface area contributed by atoms with Crippen LogP contribution < -0.4 is 10.2 Å². The number of rotatable bonds is 20. The van der Waals surface area contributed by atoms with Gasteiger partial charge in [-0.1, -0.05) is 30.8 Å². The zero-order valence-electron chi connectivity index (χ0n) is 31.0. The van der Waals surface area contributed by atoms with Crippen LogP contribution in [-0.4, -0.2) is 127 Å². The summed E-state index contributed by atoms with van der Waals surface area (Å²) in [6.45, 7) is 14.6. The summed E-state index contributed by atoms with van der Waals surface area (Å²) >= 11 is 0. The van der Waals surface area contributed by atoms with Gasteiger partial charge in [0.25, 0.3) is 0 Å². The second kappa shape index (κ2) is 20.0. The molecule has 1 aliphatic carbocycles. The first-order chi connectivity index (χ1) is 24.5. The van der Waals surface area contributed by atoms with Crippen molar-refractivity contribution >= 4 is 17.7 Å². The number of halogens is 1. The minimum atomic E-state index is -0.647. The van der Waals surface area contributed by atoms with Gasteiger partial charge >= 0.3 is 6.09 Å². The van der Waals surface area contributed by atoms with Gasteiger partial charge < -0.3 is 33.9 Å². The van der Waals surface area contributed by atoms with Gasteiger partial charge in [0.1, 0.15) is 11.4 Å². The fraction of sp³-hybridized carbons (Fsp3) is 0.590. The molecule has 1 unspecified atom stereocenters. The number of likely N-dealkylation sites (tertiary alicyclic amines) is 1. The van der Waals surface area contributed by atoms with Gasteiger partial charge in [-0.15, -0.1) is 0 Å². The number of aryl methyl sites for hydroxylation is 1. The Morgan fingerprint density at radius 1 is 0.922 bits per heavy atom. The Morgan fingerprint density at radius 3 is 2.16 bits per heavy atom. The number of hydrogen-bond acceptors (Lipinski definition) is 9. The molecule has 0 radical (unpaired) electrons. The van der Waals surface area contributed by atoms with Gasteiger partial charge in [0.05, 0.1) is 59.4 Å². The van der Waals surface area contributed by atoms with Crippen molar-refractivity contribution in [1.82, 2.24) is 15.1 Å². The highest BCUT2D eigenvalue weighted by atomic mass is 19.1. The highest BCUT2D eigenvalue weighted by Crippen LogP contribution is 2.42. The SMILES string of the molecule is C=CC(=O)NCCOCCOCCOCCOCCN(C(=O)OC(C)(C)C)c1ccc([C@H]2CN(C3CCc4cccc(F)c43)C[C@@H]2N(C)C)cc1. The fourth-order valence-electron chi connectivity index (χ4n) is 6.68. The third-order valence-electron chi connectivity index (χ3n) is 9.14. The second-order valence-electron chi connectivity index (χ2n) is 14.1. The van der Waals surface area contributed by atoms with Crippen molar-refractivity contribution in [3.05, 3.63) is 77.6 Å². The molecule has 0 bridgehead atoms. The fourth-order valence-corrected chi connectivity index (χ4v) is 6.68. The maximum Gasteiger partial charge on any atom is 0.414 e. The van der Waals surface area contributed by atoms with Gasteiger partial charge in [0.15, 0.2) is 0 Å². The second-order valence-corrected chi connectivity index (χ2v) is 14.1. The van der Waals surface area contributed by atoms with Crippen LogP contribution in [0.2, 0.25) is 0 Å². The van der Waals surface area contributed by atoms with Crippen molar-refractivity contribution in [2.75, 3.05) is 98.0 Å². The number of anilines is 1. The van der Waals surface area contributed by atoms with Crippen molar-refractivity contribution in [2.45, 2.75) is 57.2 Å². The van der Waals surface area contributed by atoms with Crippen molar-refractivity contribution in [1.29, 1.82) is 0 Å². The Morgan fingerprint density at radius 2 is 1.55 bits per heavy atom. The number of amides is 2. The van der Waals surface area contributed by atoms with E-state index in [9.17, 15) is 14.0 Å². The normalized spacial score (nSPS) is 18.9. The first-order valence-corrected chi connectivity index (χ1v) is 18.0. The number of ether oxygens (including phenoxy) is 5. The van der Waals surface area contributed by atoms with Crippen molar-refractivity contribution in [3.8, 4) is 0 Å². The number of hydrogen-bond donors (Lipinski definition) is 1. The zero-order valence-corrected chi connectivity index (χ0v) is 31.0. The molecule has 2 aromatic rings. The standard InChI is InChI=1S/C39H57FN4O7/c1-7-36(45)41-17-19-47-21-23-49-25-26-50-24-22-48-20-18-44(38(46)51-39(2,3)4)31-14-11-29(12-15-31)32-27-43(28-35(32)42(5)6)34-16-13-30-9-8-10-33(40)37(30)34/h7-12,14-15,32,34-35H,1,13,16-28H2,2-6H3,(H,41,45)/t32-,34?,35+/m1/s1. The summed E-state index contributed by atoms with van der Waals surface area (Å²) in [6.07, 6.45) is 2.63. The molecule has 2 amide bonds. The summed E-state index contributed by atoms with van der Waals surface area (Å²) in [5.41, 5.74) is 3.27. The Balaban J connectivity index is 1.24. The summed E-state index contributed by atoms with van der Waals surface area (Å²) in [4.78, 5) is 30.7. The highest BCUT2D eigenvalue weighted by Gasteiger charge is 2.41. The van der Waals surface area contributed by atoms with Crippen LogP contribution in [0.5, 0.6) is 0 Å². The van der Waals surface area contributed by atoms with E-state index in [-0.39, 0.29) is 29.7 Å². The monoisotopic (exact) mass is 712 g/mol. The molecule has 0 spiro atoms.